The summed E-state index contributed by atoms with van der Waals surface area (Å²) in [5, 5.41) is 4.58. The average molecular weight is 335 g/mol. The van der Waals surface area contributed by atoms with E-state index in [1.54, 1.807) is 15.8 Å². The zero-order valence-electron chi connectivity index (χ0n) is 13.5. The van der Waals surface area contributed by atoms with Crippen LogP contribution in [-0.4, -0.2) is 45.3 Å². The van der Waals surface area contributed by atoms with Crippen molar-refractivity contribution in [2.45, 2.75) is 20.3 Å². The Hall–Kier alpha value is -2.15. The summed E-state index contributed by atoms with van der Waals surface area (Å²) in [7, 11) is 1.84. The molecule has 1 aliphatic rings. The van der Waals surface area contributed by atoms with Gasteiger partial charge in [-0.3, -0.25) is 9.48 Å². The lowest BCUT2D eigenvalue weighted by Gasteiger charge is -2.35. The Morgan fingerprint density at radius 3 is 2.70 bits per heavy atom. The van der Waals surface area contributed by atoms with Crippen molar-refractivity contribution in [3.63, 3.8) is 0 Å². The molecule has 1 aliphatic heterocycles. The fraction of sp³-hybridized carbons (Fsp3) is 0.467. The molecule has 1 saturated heterocycles. The van der Waals surface area contributed by atoms with Crippen molar-refractivity contribution in [1.82, 2.24) is 19.7 Å². The van der Waals surface area contributed by atoms with Crippen LogP contribution in [0.15, 0.2) is 12.4 Å². The highest BCUT2D eigenvalue weighted by atomic mass is 35.5. The summed E-state index contributed by atoms with van der Waals surface area (Å²) in [5.74, 6) is 1.47. The van der Waals surface area contributed by atoms with Crippen LogP contribution in [0.5, 0.6) is 0 Å². The van der Waals surface area contributed by atoms with Gasteiger partial charge in [0.1, 0.15) is 16.8 Å². The van der Waals surface area contributed by atoms with E-state index < -0.39 is 0 Å². The Balaban J connectivity index is 1.83. The molecule has 0 atom stereocenters. The molecule has 0 spiro atoms. The second kappa shape index (κ2) is 6.16. The first-order chi connectivity index (χ1) is 11.0. The molecule has 122 valence electrons. The Labute approximate surface area is 139 Å². The van der Waals surface area contributed by atoms with Gasteiger partial charge in [0.05, 0.1) is 18.4 Å². The van der Waals surface area contributed by atoms with Gasteiger partial charge in [0.25, 0.3) is 0 Å². The summed E-state index contributed by atoms with van der Waals surface area (Å²) >= 11 is 6.20. The lowest BCUT2D eigenvalue weighted by molar-refractivity contribution is -0.117. The first-order valence-corrected chi connectivity index (χ1v) is 7.94. The zero-order valence-corrected chi connectivity index (χ0v) is 14.2. The Morgan fingerprint density at radius 2 is 2.09 bits per heavy atom. The number of anilines is 2. The van der Waals surface area contributed by atoms with E-state index >= 15 is 0 Å². The Kier molecular flexibility index (Phi) is 4.21. The van der Waals surface area contributed by atoms with Crippen LogP contribution in [0.3, 0.4) is 0 Å². The molecule has 1 amide bonds. The van der Waals surface area contributed by atoms with Gasteiger partial charge in [-0.05, 0) is 6.92 Å². The lowest BCUT2D eigenvalue weighted by Crippen LogP contribution is -2.51. The minimum atomic E-state index is 0.0245. The van der Waals surface area contributed by atoms with Crippen LogP contribution < -0.4 is 9.80 Å². The number of halogens is 1. The summed E-state index contributed by atoms with van der Waals surface area (Å²) in [6, 6.07) is 0. The summed E-state index contributed by atoms with van der Waals surface area (Å²) in [6.07, 6.45) is 4.25. The van der Waals surface area contributed by atoms with Gasteiger partial charge in [-0.1, -0.05) is 18.5 Å². The van der Waals surface area contributed by atoms with E-state index in [2.05, 4.69) is 15.1 Å². The second-order valence-corrected chi connectivity index (χ2v) is 5.93. The van der Waals surface area contributed by atoms with Crippen LogP contribution in [0.4, 0.5) is 11.5 Å². The van der Waals surface area contributed by atoms with Crippen LogP contribution in [0, 0.1) is 6.92 Å². The molecule has 0 aliphatic carbocycles. The highest BCUT2D eigenvalue weighted by Crippen LogP contribution is 2.26. The fourth-order valence-electron chi connectivity index (χ4n) is 2.66. The summed E-state index contributed by atoms with van der Waals surface area (Å²) in [6.45, 7) is 5.42. The molecule has 3 rings (SSSR count). The summed E-state index contributed by atoms with van der Waals surface area (Å²) in [4.78, 5) is 25.0. The van der Waals surface area contributed by atoms with Crippen molar-refractivity contribution in [1.29, 1.82) is 0 Å². The number of amides is 1. The Bertz CT molecular complexity index is 744. The number of aryl methyl sites for hydroxylation is 2. The van der Waals surface area contributed by atoms with Gasteiger partial charge in [-0.25, -0.2) is 9.97 Å². The van der Waals surface area contributed by atoms with Gasteiger partial charge >= 0.3 is 0 Å². The monoisotopic (exact) mass is 334 g/mol. The molecule has 0 N–H and O–H groups in total. The molecule has 0 saturated carbocycles. The van der Waals surface area contributed by atoms with Crippen molar-refractivity contribution in [3.05, 3.63) is 28.9 Å². The molecule has 0 bridgehead atoms. The van der Waals surface area contributed by atoms with Crippen molar-refractivity contribution >= 4 is 29.0 Å². The van der Waals surface area contributed by atoms with E-state index in [-0.39, 0.29) is 12.5 Å². The maximum Gasteiger partial charge on any atom is 0.246 e. The molecule has 0 radical (unpaired) electrons. The first kappa shape index (κ1) is 15.7. The average Bonchev–Trinajstić information content (AvgIpc) is 2.96. The van der Waals surface area contributed by atoms with Gasteiger partial charge in [-0.15, -0.1) is 0 Å². The number of carbonyl (C=O) groups is 1. The number of hydrogen-bond acceptors (Lipinski definition) is 5. The highest BCUT2D eigenvalue weighted by molar-refractivity contribution is 6.30. The van der Waals surface area contributed by atoms with E-state index in [0.717, 1.165) is 17.1 Å². The minimum Gasteiger partial charge on any atom is -0.345 e. The van der Waals surface area contributed by atoms with Crippen LogP contribution in [0.1, 0.15) is 18.3 Å². The Morgan fingerprint density at radius 1 is 1.30 bits per heavy atom. The van der Waals surface area contributed by atoms with Crippen LogP contribution in [0.2, 0.25) is 5.15 Å². The molecule has 8 heteroatoms. The topological polar surface area (TPSA) is 67.2 Å². The first-order valence-electron chi connectivity index (χ1n) is 7.56. The van der Waals surface area contributed by atoms with Gasteiger partial charge in [0.2, 0.25) is 5.91 Å². The van der Waals surface area contributed by atoms with Gasteiger partial charge in [0, 0.05) is 38.3 Å². The summed E-state index contributed by atoms with van der Waals surface area (Å²) < 4.78 is 1.69. The quantitative estimate of drug-likeness (QED) is 0.797. The lowest BCUT2D eigenvalue weighted by atomic mass is 10.2. The van der Waals surface area contributed by atoms with Crippen LogP contribution >= 0.6 is 11.6 Å². The van der Waals surface area contributed by atoms with Crippen molar-refractivity contribution in [3.8, 4) is 0 Å². The van der Waals surface area contributed by atoms with Crippen molar-refractivity contribution in [2.75, 3.05) is 29.4 Å². The van der Waals surface area contributed by atoms with E-state index in [0.29, 0.717) is 30.5 Å². The smallest absolute Gasteiger partial charge is 0.246 e. The maximum absolute atomic E-state index is 12.5. The molecule has 23 heavy (non-hydrogen) atoms. The third-order valence-corrected chi connectivity index (χ3v) is 4.31. The zero-order chi connectivity index (χ0) is 16.6. The van der Waals surface area contributed by atoms with E-state index in [9.17, 15) is 4.79 Å². The highest BCUT2D eigenvalue weighted by Gasteiger charge is 2.28. The standard InChI is InChI=1S/C15H19ClN6O/c1-4-12-18-14(16)10(2)15(19-12)21-5-6-22(13(23)9-21)11-7-17-20(3)8-11/h7-8H,4-6,9H2,1-3H3. The second-order valence-electron chi connectivity index (χ2n) is 5.57. The largest absolute Gasteiger partial charge is 0.345 e. The summed E-state index contributed by atoms with van der Waals surface area (Å²) in [5.41, 5.74) is 1.63. The van der Waals surface area contributed by atoms with E-state index in [1.807, 2.05) is 32.0 Å². The van der Waals surface area contributed by atoms with Gasteiger partial charge in [-0.2, -0.15) is 5.10 Å². The molecule has 2 aromatic rings. The van der Waals surface area contributed by atoms with E-state index in [4.69, 9.17) is 11.6 Å². The van der Waals surface area contributed by atoms with Crippen LogP contribution in [-0.2, 0) is 18.3 Å². The number of piperazine rings is 1. The molecule has 0 aromatic carbocycles. The van der Waals surface area contributed by atoms with E-state index in [1.165, 1.54) is 0 Å². The SMILES string of the molecule is CCc1nc(Cl)c(C)c(N2CCN(c3cnn(C)c3)C(=O)C2)n1. The molecule has 2 aromatic heterocycles. The van der Waals surface area contributed by atoms with Crippen molar-refractivity contribution < 1.29 is 4.79 Å². The molecule has 1 fully saturated rings. The fourth-order valence-corrected chi connectivity index (χ4v) is 2.84. The normalized spacial score (nSPS) is 15.4. The molecule has 3 heterocycles. The number of aromatic nitrogens is 4. The van der Waals surface area contributed by atoms with Gasteiger partial charge in [0.15, 0.2) is 0 Å². The molecular formula is C15H19ClN6O. The molecular weight excluding hydrogens is 316 g/mol. The van der Waals surface area contributed by atoms with Crippen molar-refractivity contribution in [2.24, 2.45) is 7.05 Å². The number of hydrogen-bond donors (Lipinski definition) is 0. The predicted octanol–water partition coefficient (Wildman–Crippen LogP) is 1.59. The minimum absolute atomic E-state index is 0.0245. The molecule has 7 nitrogen and oxygen atoms in total. The predicted molar refractivity (Wildman–Crippen MR) is 88.9 cm³/mol. The van der Waals surface area contributed by atoms with Gasteiger partial charge < -0.3 is 9.80 Å². The van der Waals surface area contributed by atoms with Crippen LogP contribution in [0.25, 0.3) is 0 Å². The molecule has 0 unspecified atom stereocenters. The number of carbonyl (C=O) groups excluding carboxylic acids is 1. The third kappa shape index (κ3) is 3.01. The number of nitrogens with zero attached hydrogens (tertiary/aromatic N) is 6. The number of rotatable bonds is 3. The maximum atomic E-state index is 12.5. The third-order valence-electron chi connectivity index (χ3n) is 3.95.